The fraction of sp³-hybridized carbons (Fsp3) is 0.188. The number of nitrogens with zero attached hydrogens (tertiary/aromatic N) is 3. The highest BCUT2D eigenvalue weighted by molar-refractivity contribution is 7.97. The summed E-state index contributed by atoms with van der Waals surface area (Å²) in [6.07, 6.45) is -3.09. The summed E-state index contributed by atoms with van der Waals surface area (Å²) in [6.45, 7) is 1.80. The predicted octanol–water partition coefficient (Wildman–Crippen LogP) is 3.99. The van der Waals surface area contributed by atoms with Gasteiger partial charge in [0, 0.05) is 17.5 Å². The lowest BCUT2D eigenvalue weighted by Crippen LogP contribution is -2.21. The monoisotopic (exact) mass is 351 g/mol. The molecule has 0 bridgehead atoms. The molecule has 3 aromatic rings. The molecule has 0 aliphatic carbocycles. The first-order valence-corrected chi connectivity index (χ1v) is 8.05. The molecule has 0 aliphatic rings. The van der Waals surface area contributed by atoms with E-state index in [1.165, 1.54) is 28.4 Å². The summed E-state index contributed by atoms with van der Waals surface area (Å²) in [5, 5.41) is 0. The van der Waals surface area contributed by atoms with E-state index >= 15 is 0 Å². The maximum atomic E-state index is 13.3. The van der Waals surface area contributed by atoms with E-state index in [1.54, 1.807) is 19.1 Å². The Hall–Kier alpha value is -2.35. The van der Waals surface area contributed by atoms with Gasteiger partial charge in [0.2, 0.25) is 0 Å². The first-order valence-electron chi connectivity index (χ1n) is 7.11. The Kier molecular flexibility index (Phi) is 4.31. The van der Waals surface area contributed by atoms with Gasteiger partial charge >= 0.3 is 6.18 Å². The van der Waals surface area contributed by atoms with E-state index in [9.17, 15) is 18.0 Å². The number of pyridine rings is 1. The van der Waals surface area contributed by atoms with E-state index in [0.29, 0.717) is 5.75 Å². The van der Waals surface area contributed by atoms with Crippen LogP contribution in [0.15, 0.2) is 47.4 Å². The van der Waals surface area contributed by atoms with Crippen LogP contribution in [-0.4, -0.2) is 19.7 Å². The van der Waals surface area contributed by atoms with Gasteiger partial charge in [-0.25, -0.2) is 13.9 Å². The van der Waals surface area contributed by atoms with Crippen LogP contribution in [0.2, 0.25) is 0 Å². The van der Waals surface area contributed by atoms with Gasteiger partial charge in [0.15, 0.2) is 11.3 Å². The summed E-state index contributed by atoms with van der Waals surface area (Å²) in [6, 6.07) is 8.25. The molecule has 4 nitrogen and oxygen atoms in total. The molecule has 0 saturated carbocycles. The standard InChI is InChI=1S/C16H12F3N3OS/c1-2-24-22-14(10-6-3-4-7-11(10)16(17,18)19)21-12-8-5-9-20-13(12)15(22)23/h3-9H,2H2,1H3. The number of alkyl halides is 3. The first-order chi connectivity index (χ1) is 11.4. The second-order valence-electron chi connectivity index (χ2n) is 4.87. The van der Waals surface area contributed by atoms with Crippen LogP contribution in [0.5, 0.6) is 0 Å². The molecule has 2 aromatic heterocycles. The van der Waals surface area contributed by atoms with Gasteiger partial charge in [-0.15, -0.1) is 0 Å². The zero-order valence-electron chi connectivity index (χ0n) is 12.5. The van der Waals surface area contributed by atoms with Crippen LogP contribution in [-0.2, 0) is 6.18 Å². The van der Waals surface area contributed by atoms with Crippen LogP contribution in [0.3, 0.4) is 0 Å². The summed E-state index contributed by atoms with van der Waals surface area (Å²) >= 11 is 1.09. The zero-order valence-corrected chi connectivity index (χ0v) is 13.4. The zero-order chi connectivity index (χ0) is 17.3. The molecule has 2 heterocycles. The van der Waals surface area contributed by atoms with Gasteiger partial charge in [-0.05, 0) is 30.1 Å². The molecule has 0 radical (unpaired) electrons. The minimum Gasteiger partial charge on any atom is -0.266 e. The third-order valence-corrected chi connectivity index (χ3v) is 4.18. The minimum atomic E-state index is -4.54. The lowest BCUT2D eigenvalue weighted by molar-refractivity contribution is -0.137. The van der Waals surface area contributed by atoms with Crippen molar-refractivity contribution in [3.8, 4) is 11.4 Å². The number of hydrogen-bond donors (Lipinski definition) is 0. The first kappa shape index (κ1) is 16.5. The Morgan fingerprint density at radius 1 is 1.17 bits per heavy atom. The fourth-order valence-electron chi connectivity index (χ4n) is 2.35. The fourth-order valence-corrected chi connectivity index (χ4v) is 3.07. The third kappa shape index (κ3) is 2.89. The van der Waals surface area contributed by atoms with E-state index in [2.05, 4.69) is 9.97 Å². The van der Waals surface area contributed by atoms with Crippen molar-refractivity contribution in [2.45, 2.75) is 13.1 Å². The van der Waals surface area contributed by atoms with Crippen LogP contribution < -0.4 is 5.56 Å². The van der Waals surface area contributed by atoms with Gasteiger partial charge in [-0.2, -0.15) is 13.2 Å². The largest absolute Gasteiger partial charge is 0.417 e. The van der Waals surface area contributed by atoms with Crippen molar-refractivity contribution in [2.75, 3.05) is 5.75 Å². The third-order valence-electron chi connectivity index (χ3n) is 3.32. The van der Waals surface area contributed by atoms with E-state index in [1.807, 2.05) is 0 Å². The number of rotatable bonds is 3. The van der Waals surface area contributed by atoms with Crippen LogP contribution in [0.4, 0.5) is 13.2 Å². The molecule has 0 fully saturated rings. The normalized spacial score (nSPS) is 11.8. The van der Waals surface area contributed by atoms with Crippen LogP contribution in [0.1, 0.15) is 12.5 Å². The van der Waals surface area contributed by atoms with E-state index in [-0.39, 0.29) is 22.4 Å². The number of halogens is 3. The average Bonchev–Trinajstić information content (AvgIpc) is 2.56. The SMILES string of the molecule is CCSn1c(-c2ccccc2C(F)(F)F)nc2cccnc2c1=O. The molecular formula is C16H12F3N3OS. The molecule has 124 valence electrons. The molecule has 24 heavy (non-hydrogen) atoms. The maximum Gasteiger partial charge on any atom is 0.417 e. The van der Waals surface area contributed by atoms with Crippen molar-refractivity contribution in [1.82, 2.24) is 13.9 Å². The molecular weight excluding hydrogens is 339 g/mol. The van der Waals surface area contributed by atoms with E-state index in [0.717, 1.165) is 18.0 Å². The summed E-state index contributed by atoms with van der Waals surface area (Å²) in [7, 11) is 0. The highest BCUT2D eigenvalue weighted by atomic mass is 32.2. The molecule has 1 aromatic carbocycles. The van der Waals surface area contributed by atoms with Crippen molar-refractivity contribution in [1.29, 1.82) is 0 Å². The number of fused-ring (bicyclic) bond motifs is 1. The lowest BCUT2D eigenvalue weighted by Gasteiger charge is -2.16. The molecule has 0 spiro atoms. The summed E-state index contributed by atoms with van der Waals surface area (Å²) in [5.41, 5.74) is -1.03. The van der Waals surface area contributed by atoms with Crippen LogP contribution in [0, 0.1) is 0 Å². The smallest absolute Gasteiger partial charge is 0.266 e. The number of hydrogen-bond acceptors (Lipinski definition) is 4. The topological polar surface area (TPSA) is 47.8 Å². The Balaban J connectivity index is 2.39. The molecule has 0 saturated heterocycles. The van der Waals surface area contributed by atoms with Crippen molar-refractivity contribution in [3.05, 3.63) is 58.5 Å². The van der Waals surface area contributed by atoms with Crippen molar-refractivity contribution in [2.24, 2.45) is 0 Å². The van der Waals surface area contributed by atoms with Crippen molar-refractivity contribution in [3.63, 3.8) is 0 Å². The van der Waals surface area contributed by atoms with Gasteiger partial charge in [0.05, 0.1) is 11.1 Å². The molecule has 0 N–H and O–H groups in total. The number of benzene rings is 1. The Bertz CT molecular complexity index is 953. The molecule has 0 unspecified atom stereocenters. The van der Waals surface area contributed by atoms with Crippen LogP contribution >= 0.6 is 11.9 Å². The lowest BCUT2D eigenvalue weighted by atomic mass is 10.1. The number of aromatic nitrogens is 3. The Morgan fingerprint density at radius 2 is 1.92 bits per heavy atom. The highest BCUT2D eigenvalue weighted by Crippen LogP contribution is 2.36. The second-order valence-corrected chi connectivity index (χ2v) is 6.07. The van der Waals surface area contributed by atoms with E-state index in [4.69, 9.17) is 0 Å². The average molecular weight is 351 g/mol. The Labute approximate surface area is 139 Å². The van der Waals surface area contributed by atoms with Gasteiger partial charge in [0.25, 0.3) is 5.56 Å². The summed E-state index contributed by atoms with van der Waals surface area (Å²) in [4.78, 5) is 20.9. The predicted molar refractivity (Wildman–Crippen MR) is 87.8 cm³/mol. The molecule has 0 aliphatic heterocycles. The second kappa shape index (κ2) is 6.27. The van der Waals surface area contributed by atoms with Crippen LogP contribution in [0.25, 0.3) is 22.4 Å². The molecule has 8 heteroatoms. The maximum absolute atomic E-state index is 13.3. The Morgan fingerprint density at radius 3 is 2.62 bits per heavy atom. The highest BCUT2D eigenvalue weighted by Gasteiger charge is 2.34. The summed E-state index contributed by atoms with van der Waals surface area (Å²) < 4.78 is 41.2. The molecule has 0 amide bonds. The van der Waals surface area contributed by atoms with Gasteiger partial charge < -0.3 is 0 Å². The van der Waals surface area contributed by atoms with Crippen molar-refractivity contribution < 1.29 is 13.2 Å². The van der Waals surface area contributed by atoms with Crippen molar-refractivity contribution >= 4 is 23.0 Å². The molecule has 0 atom stereocenters. The molecule has 3 rings (SSSR count). The van der Waals surface area contributed by atoms with Gasteiger partial charge in [-0.1, -0.05) is 25.1 Å². The summed E-state index contributed by atoms with van der Waals surface area (Å²) in [5.74, 6) is 0.474. The van der Waals surface area contributed by atoms with Gasteiger partial charge in [-0.3, -0.25) is 4.79 Å². The quantitative estimate of drug-likeness (QED) is 0.716. The van der Waals surface area contributed by atoms with E-state index < -0.39 is 17.3 Å². The minimum absolute atomic E-state index is 0.0275. The van der Waals surface area contributed by atoms with Gasteiger partial charge in [0.1, 0.15) is 0 Å².